The highest BCUT2D eigenvalue weighted by molar-refractivity contribution is 8.03. The van der Waals surface area contributed by atoms with Gasteiger partial charge in [0.1, 0.15) is 0 Å². The molecule has 1 amide bonds. The Bertz CT molecular complexity index is 184. The Labute approximate surface area is 71.9 Å². The Kier molecular flexibility index (Phi) is 1.75. The Morgan fingerprint density at radius 3 is 1.73 bits per heavy atom. The van der Waals surface area contributed by atoms with Gasteiger partial charge in [-0.05, 0) is 27.7 Å². The number of thioether (sulfide) groups is 1. The van der Waals surface area contributed by atoms with Crippen molar-refractivity contribution in [1.29, 1.82) is 0 Å². The van der Waals surface area contributed by atoms with Crippen LogP contribution in [0.3, 0.4) is 0 Å². The minimum atomic E-state index is -0.168. The van der Waals surface area contributed by atoms with E-state index >= 15 is 0 Å². The lowest BCUT2D eigenvalue weighted by Crippen LogP contribution is -2.59. The minimum Gasteiger partial charge on any atom is -0.369 e. The smallest absolute Gasteiger partial charge is 0.223 e. The fourth-order valence-electron chi connectivity index (χ4n) is 2.26. The second-order valence-corrected chi connectivity index (χ2v) is 6.45. The zero-order valence-corrected chi connectivity index (χ0v) is 8.29. The van der Waals surface area contributed by atoms with E-state index in [-0.39, 0.29) is 21.3 Å². The summed E-state index contributed by atoms with van der Waals surface area (Å²) in [4.78, 5) is 11.0. The molecule has 1 fully saturated rings. The molecule has 64 valence electrons. The van der Waals surface area contributed by atoms with Crippen LogP contribution in [0.2, 0.25) is 0 Å². The van der Waals surface area contributed by atoms with E-state index in [0.717, 1.165) is 0 Å². The number of hydrogen-bond acceptors (Lipinski definition) is 2. The second kappa shape index (κ2) is 2.16. The number of carbonyl (C=O) groups excluding carboxylic acids is 1. The maximum atomic E-state index is 11.0. The van der Waals surface area contributed by atoms with Gasteiger partial charge in [0.25, 0.3) is 0 Å². The van der Waals surface area contributed by atoms with Crippen LogP contribution < -0.4 is 5.73 Å². The highest BCUT2D eigenvalue weighted by atomic mass is 32.2. The molecule has 0 atom stereocenters. The topological polar surface area (TPSA) is 43.1 Å². The highest BCUT2D eigenvalue weighted by Crippen LogP contribution is 2.58. The molecule has 0 aliphatic carbocycles. The number of primary amides is 1. The lowest BCUT2D eigenvalue weighted by atomic mass is 9.81. The third-order valence-corrected chi connectivity index (χ3v) is 3.72. The molecule has 0 spiro atoms. The number of carbonyl (C=O) groups is 1. The van der Waals surface area contributed by atoms with E-state index < -0.39 is 0 Å². The average Bonchev–Trinajstić information content (AvgIpc) is 1.53. The van der Waals surface area contributed by atoms with Crippen LogP contribution in [-0.4, -0.2) is 15.4 Å². The third kappa shape index (κ3) is 1.26. The van der Waals surface area contributed by atoms with Crippen molar-refractivity contribution in [2.24, 2.45) is 11.7 Å². The molecule has 0 aromatic heterocycles. The molecule has 0 unspecified atom stereocenters. The SMILES string of the molecule is CC1(C)SC(C)(C)C1C(N)=O. The van der Waals surface area contributed by atoms with Crippen LogP contribution in [0.1, 0.15) is 27.7 Å². The molecule has 2 N–H and O–H groups in total. The monoisotopic (exact) mass is 173 g/mol. The summed E-state index contributed by atoms with van der Waals surface area (Å²) in [6.45, 7) is 8.27. The van der Waals surface area contributed by atoms with Crippen LogP contribution >= 0.6 is 11.8 Å². The van der Waals surface area contributed by atoms with Crippen LogP contribution in [-0.2, 0) is 4.79 Å². The summed E-state index contributed by atoms with van der Waals surface area (Å²) < 4.78 is 0.0741. The predicted octanol–water partition coefficient (Wildman–Crippen LogP) is 1.39. The Morgan fingerprint density at radius 1 is 1.27 bits per heavy atom. The van der Waals surface area contributed by atoms with Crippen LogP contribution in [0.25, 0.3) is 0 Å². The van der Waals surface area contributed by atoms with Crippen molar-refractivity contribution in [3.8, 4) is 0 Å². The molecule has 11 heavy (non-hydrogen) atoms. The fourth-order valence-corrected chi connectivity index (χ4v) is 4.49. The molecular weight excluding hydrogens is 158 g/mol. The van der Waals surface area contributed by atoms with Crippen LogP contribution in [0.15, 0.2) is 0 Å². The Balaban J connectivity index is 2.81. The number of amides is 1. The van der Waals surface area contributed by atoms with Gasteiger partial charge in [-0.2, -0.15) is 0 Å². The van der Waals surface area contributed by atoms with Crippen molar-refractivity contribution in [3.05, 3.63) is 0 Å². The molecule has 0 aromatic carbocycles. The van der Waals surface area contributed by atoms with Gasteiger partial charge in [-0.25, -0.2) is 0 Å². The maximum Gasteiger partial charge on any atom is 0.223 e. The minimum absolute atomic E-state index is 0.0139. The molecule has 1 rings (SSSR count). The van der Waals surface area contributed by atoms with Gasteiger partial charge in [0.05, 0.1) is 5.92 Å². The van der Waals surface area contributed by atoms with Crippen molar-refractivity contribution in [1.82, 2.24) is 0 Å². The van der Waals surface area contributed by atoms with Gasteiger partial charge in [0, 0.05) is 9.49 Å². The van der Waals surface area contributed by atoms with Crippen molar-refractivity contribution in [2.45, 2.75) is 37.2 Å². The van der Waals surface area contributed by atoms with E-state index in [0.29, 0.717) is 0 Å². The molecule has 3 heteroatoms. The first kappa shape index (κ1) is 8.91. The first-order valence-electron chi connectivity index (χ1n) is 3.77. The molecule has 0 radical (unpaired) electrons. The first-order valence-corrected chi connectivity index (χ1v) is 4.58. The number of rotatable bonds is 1. The van der Waals surface area contributed by atoms with Gasteiger partial charge in [0.15, 0.2) is 0 Å². The Hall–Kier alpha value is -0.180. The summed E-state index contributed by atoms with van der Waals surface area (Å²) in [7, 11) is 0. The first-order chi connectivity index (χ1) is 4.77. The van der Waals surface area contributed by atoms with Crippen LogP contribution in [0.4, 0.5) is 0 Å². The zero-order valence-electron chi connectivity index (χ0n) is 7.47. The normalized spacial score (nSPS) is 27.6. The van der Waals surface area contributed by atoms with E-state index in [4.69, 9.17) is 5.73 Å². The summed E-state index contributed by atoms with van der Waals surface area (Å²) in [5, 5.41) is 0. The Morgan fingerprint density at radius 2 is 1.64 bits per heavy atom. The predicted molar refractivity (Wildman–Crippen MR) is 48.4 cm³/mol. The molecular formula is C8H15NOS. The summed E-state index contributed by atoms with van der Waals surface area (Å²) >= 11 is 1.82. The van der Waals surface area contributed by atoms with Gasteiger partial charge in [-0.3, -0.25) is 4.79 Å². The average molecular weight is 173 g/mol. The van der Waals surface area contributed by atoms with E-state index in [1.54, 1.807) is 0 Å². The quantitative estimate of drug-likeness (QED) is 0.651. The van der Waals surface area contributed by atoms with Crippen molar-refractivity contribution < 1.29 is 4.79 Å². The summed E-state index contributed by atoms with van der Waals surface area (Å²) in [6.07, 6.45) is 0. The van der Waals surface area contributed by atoms with Gasteiger partial charge in [0.2, 0.25) is 5.91 Å². The lowest BCUT2D eigenvalue weighted by molar-refractivity contribution is -0.124. The zero-order chi connectivity index (χ0) is 8.86. The fraction of sp³-hybridized carbons (Fsp3) is 0.875. The second-order valence-electron chi connectivity index (χ2n) is 4.14. The molecule has 0 bridgehead atoms. The third-order valence-electron chi connectivity index (χ3n) is 2.20. The highest BCUT2D eigenvalue weighted by Gasteiger charge is 2.56. The standard InChI is InChI=1S/C8H15NOS/c1-7(2)5(6(9)10)8(3,4)11-7/h5H,1-4H3,(H2,9,10). The van der Waals surface area contributed by atoms with Gasteiger partial charge in [-0.15, -0.1) is 11.8 Å². The summed E-state index contributed by atoms with van der Waals surface area (Å²) in [5.74, 6) is -0.154. The van der Waals surface area contributed by atoms with Gasteiger partial charge < -0.3 is 5.73 Å². The van der Waals surface area contributed by atoms with Crippen molar-refractivity contribution in [3.63, 3.8) is 0 Å². The summed E-state index contributed by atoms with van der Waals surface area (Å²) in [5.41, 5.74) is 5.30. The molecule has 1 aliphatic rings. The van der Waals surface area contributed by atoms with E-state index in [1.165, 1.54) is 0 Å². The lowest BCUT2D eigenvalue weighted by Gasteiger charge is -2.55. The van der Waals surface area contributed by atoms with Crippen molar-refractivity contribution >= 4 is 17.7 Å². The van der Waals surface area contributed by atoms with Gasteiger partial charge in [-0.1, -0.05) is 0 Å². The molecule has 1 heterocycles. The van der Waals surface area contributed by atoms with E-state index in [2.05, 4.69) is 27.7 Å². The number of hydrogen-bond donors (Lipinski definition) is 1. The van der Waals surface area contributed by atoms with Crippen LogP contribution in [0.5, 0.6) is 0 Å². The van der Waals surface area contributed by atoms with Gasteiger partial charge >= 0.3 is 0 Å². The van der Waals surface area contributed by atoms with E-state index in [9.17, 15) is 4.79 Å². The molecule has 0 aromatic rings. The molecule has 2 nitrogen and oxygen atoms in total. The molecule has 1 aliphatic heterocycles. The van der Waals surface area contributed by atoms with E-state index in [1.807, 2.05) is 11.8 Å². The van der Waals surface area contributed by atoms with Crippen molar-refractivity contribution in [2.75, 3.05) is 0 Å². The molecule has 1 saturated heterocycles. The maximum absolute atomic E-state index is 11.0. The summed E-state index contributed by atoms with van der Waals surface area (Å²) in [6, 6.07) is 0. The molecule has 0 saturated carbocycles. The largest absolute Gasteiger partial charge is 0.369 e. The van der Waals surface area contributed by atoms with Crippen LogP contribution in [0, 0.1) is 5.92 Å². The number of nitrogens with two attached hydrogens (primary N) is 1.